The summed E-state index contributed by atoms with van der Waals surface area (Å²) in [5.41, 5.74) is 9.54. The zero-order valence-corrected chi connectivity index (χ0v) is 21.3. The normalized spacial score (nSPS) is 12.5. The topological polar surface area (TPSA) is 6.48 Å². The highest BCUT2D eigenvalue weighted by Crippen LogP contribution is 2.55. The van der Waals surface area contributed by atoms with Gasteiger partial charge in [0.2, 0.25) is 0 Å². The second-order valence-electron chi connectivity index (χ2n) is 7.93. The summed E-state index contributed by atoms with van der Waals surface area (Å²) in [5, 5.41) is 0. The van der Waals surface area contributed by atoms with Crippen LogP contribution in [0.4, 0.5) is 34.1 Å². The second kappa shape index (κ2) is 8.76. The maximum absolute atomic E-state index is 3.85. The third kappa shape index (κ3) is 3.56. The fourth-order valence-corrected chi connectivity index (χ4v) is 5.57. The lowest BCUT2D eigenvalue weighted by atomic mass is 10.0. The Kier molecular flexibility index (Phi) is 5.83. The van der Waals surface area contributed by atoms with Crippen molar-refractivity contribution in [3.63, 3.8) is 0 Å². The Balaban J connectivity index is 1.76. The highest BCUT2D eigenvalue weighted by molar-refractivity contribution is 9.11. The molecule has 0 spiro atoms. The number of benzene rings is 4. The maximum Gasteiger partial charge on any atom is 0.0703 e. The third-order valence-electron chi connectivity index (χ3n) is 6.05. The predicted molar refractivity (Wildman–Crippen MR) is 144 cm³/mol. The Labute approximate surface area is 206 Å². The van der Waals surface area contributed by atoms with E-state index < -0.39 is 0 Å². The Hall–Kier alpha value is -2.56. The summed E-state index contributed by atoms with van der Waals surface area (Å²) in [6, 6.07) is 30.6. The molecule has 0 amide bonds. The van der Waals surface area contributed by atoms with Crippen LogP contribution in [0, 0.1) is 0 Å². The molecule has 0 atom stereocenters. The summed E-state index contributed by atoms with van der Waals surface area (Å²) >= 11 is 7.70. The van der Waals surface area contributed by atoms with E-state index in [1.165, 1.54) is 11.1 Å². The van der Waals surface area contributed by atoms with Gasteiger partial charge in [-0.15, -0.1) is 0 Å². The van der Waals surface area contributed by atoms with E-state index in [2.05, 4.69) is 140 Å². The van der Waals surface area contributed by atoms with Gasteiger partial charge in [-0.25, -0.2) is 0 Å². The molecule has 0 radical (unpaired) electrons. The number of fused-ring (bicyclic) bond motifs is 2. The van der Waals surface area contributed by atoms with E-state index in [0.717, 1.165) is 55.9 Å². The zero-order valence-electron chi connectivity index (χ0n) is 18.1. The standard InChI is InChI=1S/C28H24Br2N2/c1-3-19-13-15-23(21(29)17-19)31-25-9-5-7-11-27(25)32(28-12-8-6-10-26(28)31)24-16-14-20(4-2)18-22(24)30/h5-18H,3-4H2,1-2H3. The molecule has 0 saturated carbocycles. The number of halogens is 2. The van der Waals surface area contributed by atoms with E-state index in [4.69, 9.17) is 0 Å². The number of hydrogen-bond donors (Lipinski definition) is 0. The smallest absolute Gasteiger partial charge is 0.0703 e. The van der Waals surface area contributed by atoms with E-state index in [9.17, 15) is 0 Å². The minimum absolute atomic E-state index is 1.02. The molecule has 0 aliphatic carbocycles. The van der Waals surface area contributed by atoms with Crippen molar-refractivity contribution in [2.45, 2.75) is 26.7 Å². The van der Waals surface area contributed by atoms with Gasteiger partial charge in [-0.2, -0.15) is 0 Å². The first-order chi connectivity index (χ1) is 15.6. The molecule has 1 aliphatic rings. The van der Waals surface area contributed by atoms with Gasteiger partial charge in [0.1, 0.15) is 0 Å². The van der Waals surface area contributed by atoms with E-state index in [-0.39, 0.29) is 0 Å². The fourth-order valence-electron chi connectivity index (χ4n) is 4.37. The minimum atomic E-state index is 1.02. The van der Waals surface area contributed by atoms with E-state index in [1.807, 2.05) is 0 Å². The number of para-hydroxylation sites is 4. The lowest BCUT2D eigenvalue weighted by Crippen LogP contribution is -2.24. The van der Waals surface area contributed by atoms with Gasteiger partial charge in [-0.3, -0.25) is 0 Å². The molecule has 0 saturated heterocycles. The lowest BCUT2D eigenvalue weighted by molar-refractivity contribution is 1.12. The van der Waals surface area contributed by atoms with Crippen LogP contribution in [0.15, 0.2) is 93.9 Å². The summed E-state index contributed by atoms with van der Waals surface area (Å²) in [4.78, 5) is 4.72. The van der Waals surface area contributed by atoms with Gasteiger partial charge in [-0.05, 0) is 104 Å². The van der Waals surface area contributed by atoms with Gasteiger partial charge < -0.3 is 9.80 Å². The third-order valence-corrected chi connectivity index (χ3v) is 7.32. The summed E-state index contributed by atoms with van der Waals surface area (Å²) in [6.07, 6.45) is 2.03. The number of aryl methyl sites for hydroxylation is 2. The van der Waals surface area contributed by atoms with E-state index in [1.54, 1.807) is 0 Å². The van der Waals surface area contributed by atoms with Crippen LogP contribution in [0.5, 0.6) is 0 Å². The van der Waals surface area contributed by atoms with Gasteiger partial charge in [0.25, 0.3) is 0 Å². The average Bonchev–Trinajstić information content (AvgIpc) is 2.83. The first kappa shape index (κ1) is 21.3. The van der Waals surface area contributed by atoms with E-state index >= 15 is 0 Å². The Morgan fingerprint density at radius 3 is 1.12 bits per heavy atom. The summed E-state index contributed by atoms with van der Waals surface area (Å²) in [7, 11) is 0. The number of anilines is 6. The van der Waals surface area contributed by atoms with Gasteiger partial charge in [0.15, 0.2) is 0 Å². The quantitative estimate of drug-likeness (QED) is 0.221. The maximum atomic E-state index is 3.85. The first-order valence-corrected chi connectivity index (χ1v) is 12.6. The molecule has 0 N–H and O–H groups in total. The highest BCUT2D eigenvalue weighted by Gasteiger charge is 2.31. The van der Waals surface area contributed by atoms with Crippen molar-refractivity contribution in [1.82, 2.24) is 0 Å². The molecule has 32 heavy (non-hydrogen) atoms. The van der Waals surface area contributed by atoms with Crippen molar-refractivity contribution < 1.29 is 0 Å². The lowest BCUT2D eigenvalue weighted by Gasteiger charge is -2.41. The molecule has 4 aromatic carbocycles. The molecule has 160 valence electrons. The molecule has 4 aromatic rings. The largest absolute Gasteiger partial charge is 0.305 e. The summed E-state index contributed by atoms with van der Waals surface area (Å²) < 4.78 is 2.20. The van der Waals surface area contributed by atoms with Crippen molar-refractivity contribution in [3.8, 4) is 0 Å². The van der Waals surface area contributed by atoms with Crippen LogP contribution in [0.25, 0.3) is 0 Å². The van der Waals surface area contributed by atoms with Crippen molar-refractivity contribution >= 4 is 66.0 Å². The van der Waals surface area contributed by atoms with Crippen LogP contribution in [0.3, 0.4) is 0 Å². The molecular weight excluding hydrogens is 524 g/mol. The number of hydrogen-bond acceptors (Lipinski definition) is 2. The van der Waals surface area contributed by atoms with Crippen LogP contribution in [0.1, 0.15) is 25.0 Å². The van der Waals surface area contributed by atoms with Crippen LogP contribution >= 0.6 is 31.9 Å². The van der Waals surface area contributed by atoms with Crippen LogP contribution < -0.4 is 9.80 Å². The summed E-state index contributed by atoms with van der Waals surface area (Å²) in [6.45, 7) is 4.37. The highest BCUT2D eigenvalue weighted by atomic mass is 79.9. The van der Waals surface area contributed by atoms with Gasteiger partial charge >= 0.3 is 0 Å². The summed E-state index contributed by atoms with van der Waals surface area (Å²) in [5.74, 6) is 0. The molecule has 0 fully saturated rings. The molecule has 2 nitrogen and oxygen atoms in total. The van der Waals surface area contributed by atoms with Crippen LogP contribution in [0.2, 0.25) is 0 Å². The van der Waals surface area contributed by atoms with Crippen molar-refractivity contribution in [3.05, 3.63) is 105 Å². The van der Waals surface area contributed by atoms with Gasteiger partial charge in [0, 0.05) is 8.95 Å². The molecule has 0 bridgehead atoms. The SMILES string of the molecule is CCc1ccc(N2c3ccccc3N(c3ccc(CC)cc3Br)c3ccccc32)c(Br)c1. The molecule has 4 heteroatoms. The molecular formula is C28H24Br2N2. The van der Waals surface area contributed by atoms with Crippen LogP contribution in [-0.2, 0) is 12.8 Å². The fraction of sp³-hybridized carbons (Fsp3) is 0.143. The Morgan fingerprint density at radius 2 is 0.844 bits per heavy atom. The zero-order chi connectivity index (χ0) is 22.2. The van der Waals surface area contributed by atoms with Crippen molar-refractivity contribution in [2.75, 3.05) is 9.80 Å². The molecule has 1 aliphatic heterocycles. The molecule has 5 rings (SSSR count). The van der Waals surface area contributed by atoms with Crippen molar-refractivity contribution in [2.24, 2.45) is 0 Å². The average molecular weight is 548 g/mol. The monoisotopic (exact) mass is 546 g/mol. The second-order valence-corrected chi connectivity index (χ2v) is 9.64. The molecule has 0 aromatic heterocycles. The number of rotatable bonds is 4. The van der Waals surface area contributed by atoms with Gasteiger partial charge in [0.05, 0.1) is 34.1 Å². The Morgan fingerprint density at radius 1 is 0.500 bits per heavy atom. The van der Waals surface area contributed by atoms with E-state index in [0.29, 0.717) is 0 Å². The van der Waals surface area contributed by atoms with Gasteiger partial charge in [-0.1, -0.05) is 50.2 Å². The van der Waals surface area contributed by atoms with Crippen LogP contribution in [-0.4, -0.2) is 0 Å². The first-order valence-electron chi connectivity index (χ1n) is 11.0. The minimum Gasteiger partial charge on any atom is -0.305 e. The van der Waals surface area contributed by atoms with Crippen molar-refractivity contribution in [1.29, 1.82) is 0 Å². The molecule has 0 unspecified atom stereocenters. The Bertz CT molecular complexity index is 1150. The predicted octanol–water partition coefficient (Wildman–Crippen LogP) is 9.59. The number of nitrogens with zero attached hydrogens (tertiary/aromatic N) is 2. The molecule has 1 heterocycles.